The number of carbonyl (C=O) groups excluding carboxylic acids is 1. The first-order chi connectivity index (χ1) is 11.4. The Labute approximate surface area is 151 Å². The Kier molecular flexibility index (Phi) is 6.99. The molecule has 0 aliphatic carbocycles. The van der Waals surface area contributed by atoms with Gasteiger partial charge in [-0.2, -0.15) is 0 Å². The van der Waals surface area contributed by atoms with Gasteiger partial charge in [-0.1, -0.05) is 36.8 Å². The Morgan fingerprint density at radius 3 is 2.88 bits per heavy atom. The fourth-order valence-electron chi connectivity index (χ4n) is 2.11. The molecule has 0 bridgehead atoms. The average molecular weight is 368 g/mol. The zero-order valence-corrected chi connectivity index (χ0v) is 15.7. The lowest BCUT2D eigenvalue weighted by molar-refractivity contribution is -0.116. The molecule has 0 aliphatic heterocycles. The molecule has 0 radical (unpaired) electrons. The summed E-state index contributed by atoms with van der Waals surface area (Å²) in [6, 6.07) is 5.49. The van der Waals surface area contributed by atoms with E-state index in [0.717, 1.165) is 22.7 Å². The van der Waals surface area contributed by atoms with Crippen molar-refractivity contribution in [3.8, 4) is 5.75 Å². The van der Waals surface area contributed by atoms with Crippen LogP contribution in [0.3, 0.4) is 0 Å². The highest BCUT2D eigenvalue weighted by Gasteiger charge is 2.09. The van der Waals surface area contributed by atoms with Crippen molar-refractivity contribution in [3.05, 3.63) is 33.8 Å². The first-order valence-corrected chi connectivity index (χ1v) is 9.14. The fourth-order valence-corrected chi connectivity index (χ4v) is 3.30. The topological polar surface area (TPSA) is 64.1 Å². The molecular weight excluding hydrogens is 346 g/mol. The Morgan fingerprint density at radius 1 is 1.38 bits per heavy atom. The van der Waals surface area contributed by atoms with Crippen LogP contribution in [0.1, 0.15) is 37.3 Å². The number of amides is 1. The summed E-state index contributed by atoms with van der Waals surface area (Å²) in [7, 11) is 0. The number of ether oxygens (including phenoxy) is 1. The fraction of sp³-hybridized carbons (Fsp3) is 0.471. The number of rotatable bonds is 8. The van der Waals surface area contributed by atoms with E-state index in [0.29, 0.717) is 35.5 Å². The van der Waals surface area contributed by atoms with Crippen LogP contribution in [0.2, 0.25) is 5.02 Å². The van der Waals surface area contributed by atoms with Crippen molar-refractivity contribution in [3.63, 3.8) is 0 Å². The lowest BCUT2D eigenvalue weighted by Gasteiger charge is -2.09. The molecule has 0 spiro atoms. The van der Waals surface area contributed by atoms with Crippen LogP contribution in [0, 0.1) is 12.8 Å². The van der Waals surface area contributed by atoms with E-state index in [4.69, 9.17) is 16.3 Å². The van der Waals surface area contributed by atoms with E-state index in [1.165, 1.54) is 11.3 Å². The zero-order chi connectivity index (χ0) is 17.5. The van der Waals surface area contributed by atoms with Gasteiger partial charge < -0.3 is 10.1 Å². The number of nitrogens with one attached hydrogen (secondary N) is 1. The Hall–Kier alpha value is -1.66. The van der Waals surface area contributed by atoms with Crippen LogP contribution in [-0.4, -0.2) is 22.7 Å². The monoisotopic (exact) mass is 367 g/mol. The van der Waals surface area contributed by atoms with Crippen molar-refractivity contribution >= 4 is 34.0 Å². The Bertz CT molecular complexity index is 688. The van der Waals surface area contributed by atoms with E-state index in [1.807, 2.05) is 19.1 Å². The highest BCUT2D eigenvalue weighted by atomic mass is 35.5. The van der Waals surface area contributed by atoms with E-state index >= 15 is 0 Å². The second-order valence-corrected chi connectivity index (χ2v) is 7.51. The summed E-state index contributed by atoms with van der Waals surface area (Å²) in [5, 5.41) is 13.1. The second-order valence-electron chi connectivity index (χ2n) is 6.01. The highest BCUT2D eigenvalue weighted by molar-refractivity contribution is 7.15. The van der Waals surface area contributed by atoms with Gasteiger partial charge in [0.25, 0.3) is 0 Å². The molecule has 130 valence electrons. The summed E-state index contributed by atoms with van der Waals surface area (Å²) in [5.74, 6) is 1.25. The third-order valence-corrected chi connectivity index (χ3v) is 4.33. The van der Waals surface area contributed by atoms with E-state index < -0.39 is 0 Å². The number of hydrogen-bond donors (Lipinski definition) is 1. The van der Waals surface area contributed by atoms with Crippen molar-refractivity contribution in [2.45, 2.75) is 40.0 Å². The van der Waals surface area contributed by atoms with Gasteiger partial charge in [0.1, 0.15) is 10.8 Å². The molecule has 1 N–H and O–H groups in total. The molecule has 1 heterocycles. The van der Waals surface area contributed by atoms with Crippen LogP contribution in [0.15, 0.2) is 18.2 Å². The van der Waals surface area contributed by atoms with Crippen molar-refractivity contribution in [1.29, 1.82) is 0 Å². The minimum Gasteiger partial charge on any atom is -0.493 e. The predicted octanol–water partition coefficient (Wildman–Crippen LogP) is 4.50. The third-order valence-electron chi connectivity index (χ3n) is 3.24. The largest absolute Gasteiger partial charge is 0.493 e. The summed E-state index contributed by atoms with van der Waals surface area (Å²) in [6.07, 6.45) is 1.89. The Balaban J connectivity index is 1.70. The number of hydrogen-bond acceptors (Lipinski definition) is 5. The van der Waals surface area contributed by atoms with Crippen molar-refractivity contribution in [2.75, 3.05) is 11.9 Å². The second kappa shape index (κ2) is 8.99. The standard InChI is InChI=1S/C17H22ClN3O2S/c1-11(2)9-16-20-21-17(24-16)19-15(22)5-4-8-23-14-7-6-13(18)10-12(14)3/h6-7,10-11H,4-5,8-9H2,1-3H3,(H,19,21,22). The van der Waals surface area contributed by atoms with Crippen LogP contribution in [0.25, 0.3) is 0 Å². The molecular formula is C17H22ClN3O2S. The van der Waals surface area contributed by atoms with Gasteiger partial charge >= 0.3 is 0 Å². The first-order valence-electron chi connectivity index (χ1n) is 7.95. The van der Waals surface area contributed by atoms with Crippen LogP contribution >= 0.6 is 22.9 Å². The smallest absolute Gasteiger partial charge is 0.226 e. The van der Waals surface area contributed by atoms with Gasteiger partial charge in [0.05, 0.1) is 6.61 Å². The van der Waals surface area contributed by atoms with Gasteiger partial charge in [-0.25, -0.2) is 0 Å². The SMILES string of the molecule is Cc1cc(Cl)ccc1OCCCC(=O)Nc1nnc(CC(C)C)s1. The number of carbonyl (C=O) groups is 1. The molecule has 0 unspecified atom stereocenters. The van der Waals surface area contributed by atoms with Gasteiger partial charge in [-0.05, 0) is 43.0 Å². The quantitative estimate of drug-likeness (QED) is 0.698. The van der Waals surface area contributed by atoms with Gasteiger partial charge in [0.2, 0.25) is 11.0 Å². The van der Waals surface area contributed by atoms with Crippen molar-refractivity contribution in [2.24, 2.45) is 5.92 Å². The van der Waals surface area contributed by atoms with Crippen LogP contribution in [0.5, 0.6) is 5.75 Å². The minimum atomic E-state index is -0.0707. The molecule has 0 aliphatic rings. The maximum atomic E-state index is 11.9. The third kappa shape index (κ3) is 6.09. The maximum Gasteiger partial charge on any atom is 0.226 e. The average Bonchev–Trinajstić information content (AvgIpc) is 2.91. The summed E-state index contributed by atoms with van der Waals surface area (Å²) < 4.78 is 5.68. The normalized spacial score (nSPS) is 10.9. The van der Waals surface area contributed by atoms with Crippen molar-refractivity contribution in [1.82, 2.24) is 10.2 Å². The van der Waals surface area contributed by atoms with Gasteiger partial charge in [0.15, 0.2) is 0 Å². The summed E-state index contributed by atoms with van der Waals surface area (Å²) >= 11 is 7.34. The number of halogens is 1. The molecule has 2 rings (SSSR count). The first kappa shape index (κ1) is 18.7. The highest BCUT2D eigenvalue weighted by Crippen LogP contribution is 2.22. The number of benzene rings is 1. The zero-order valence-electron chi connectivity index (χ0n) is 14.1. The molecule has 0 saturated carbocycles. The molecule has 2 aromatic rings. The molecule has 0 fully saturated rings. The molecule has 24 heavy (non-hydrogen) atoms. The van der Waals surface area contributed by atoms with Crippen molar-refractivity contribution < 1.29 is 9.53 Å². The number of aryl methyl sites for hydroxylation is 1. The van der Waals surface area contributed by atoms with E-state index in [1.54, 1.807) is 6.07 Å². The molecule has 7 heteroatoms. The van der Waals surface area contributed by atoms with Gasteiger partial charge in [-0.15, -0.1) is 10.2 Å². The van der Waals surface area contributed by atoms with Crippen LogP contribution in [-0.2, 0) is 11.2 Å². The lowest BCUT2D eigenvalue weighted by atomic mass is 10.1. The van der Waals surface area contributed by atoms with E-state index in [2.05, 4.69) is 29.4 Å². The lowest BCUT2D eigenvalue weighted by Crippen LogP contribution is -2.12. The minimum absolute atomic E-state index is 0.0707. The number of nitrogens with zero attached hydrogens (tertiary/aromatic N) is 2. The summed E-state index contributed by atoms with van der Waals surface area (Å²) in [6.45, 7) is 6.67. The molecule has 0 atom stereocenters. The molecule has 5 nitrogen and oxygen atoms in total. The van der Waals surface area contributed by atoms with E-state index in [-0.39, 0.29) is 5.91 Å². The van der Waals surface area contributed by atoms with Gasteiger partial charge in [-0.3, -0.25) is 4.79 Å². The number of anilines is 1. The summed E-state index contributed by atoms with van der Waals surface area (Å²) in [5.41, 5.74) is 0.985. The van der Waals surface area contributed by atoms with E-state index in [9.17, 15) is 4.79 Å². The maximum absolute atomic E-state index is 11.9. The molecule has 1 aromatic carbocycles. The molecule has 1 amide bonds. The van der Waals surface area contributed by atoms with Crippen LogP contribution < -0.4 is 10.1 Å². The number of aromatic nitrogens is 2. The predicted molar refractivity (Wildman–Crippen MR) is 98.0 cm³/mol. The molecule has 0 saturated heterocycles. The summed E-state index contributed by atoms with van der Waals surface area (Å²) in [4.78, 5) is 11.9. The molecule has 1 aromatic heterocycles. The van der Waals surface area contributed by atoms with Gasteiger partial charge in [0, 0.05) is 17.9 Å². The van der Waals surface area contributed by atoms with Crippen LogP contribution in [0.4, 0.5) is 5.13 Å². The Morgan fingerprint density at radius 2 is 2.17 bits per heavy atom.